The highest BCUT2D eigenvalue weighted by molar-refractivity contribution is 6.00. The molecular formula is C24H20N2O2. The fraction of sp³-hybridized carbons (Fsp3) is 0.0417. The molecule has 4 rings (SSSR count). The molecule has 0 unspecified atom stereocenters. The zero-order valence-electron chi connectivity index (χ0n) is 15.3. The van der Waals surface area contributed by atoms with Crippen molar-refractivity contribution in [2.75, 3.05) is 5.32 Å². The lowest BCUT2D eigenvalue weighted by atomic mass is 10.0. The monoisotopic (exact) mass is 368 g/mol. The molecular weight excluding hydrogens is 348 g/mol. The van der Waals surface area contributed by atoms with Crippen molar-refractivity contribution in [3.05, 3.63) is 97.2 Å². The largest absolute Gasteiger partial charge is 0.489 e. The van der Waals surface area contributed by atoms with Crippen LogP contribution < -0.4 is 10.1 Å². The molecule has 0 radical (unpaired) electrons. The Morgan fingerprint density at radius 1 is 1.04 bits per heavy atom. The number of nitrogens with one attached hydrogen (secondary N) is 2. The molecule has 138 valence electrons. The molecule has 0 spiro atoms. The van der Waals surface area contributed by atoms with Gasteiger partial charge in [0, 0.05) is 28.9 Å². The van der Waals surface area contributed by atoms with Crippen LogP contribution in [0.15, 0.2) is 91.6 Å². The first kappa shape index (κ1) is 17.6. The smallest absolute Gasteiger partial charge is 0.247 e. The number of fused-ring (bicyclic) bond motifs is 1. The molecule has 4 aromatic rings. The predicted molar refractivity (Wildman–Crippen MR) is 113 cm³/mol. The van der Waals surface area contributed by atoms with Crippen molar-refractivity contribution in [1.82, 2.24) is 4.98 Å². The van der Waals surface area contributed by atoms with Gasteiger partial charge in [-0.3, -0.25) is 4.79 Å². The molecule has 0 aliphatic rings. The van der Waals surface area contributed by atoms with Crippen LogP contribution in [-0.4, -0.2) is 10.9 Å². The quantitative estimate of drug-likeness (QED) is 0.439. The maximum absolute atomic E-state index is 11.8. The highest BCUT2D eigenvalue weighted by Gasteiger charge is 2.10. The lowest BCUT2D eigenvalue weighted by Crippen LogP contribution is -2.07. The number of aromatic nitrogens is 1. The average Bonchev–Trinajstić information content (AvgIpc) is 3.21. The van der Waals surface area contributed by atoms with Crippen molar-refractivity contribution >= 4 is 22.5 Å². The number of aromatic amines is 1. The number of carbonyl (C=O) groups is 1. The van der Waals surface area contributed by atoms with E-state index < -0.39 is 0 Å². The van der Waals surface area contributed by atoms with Crippen molar-refractivity contribution in [3.8, 4) is 16.9 Å². The maximum Gasteiger partial charge on any atom is 0.247 e. The van der Waals surface area contributed by atoms with E-state index >= 15 is 0 Å². The number of anilines is 1. The molecule has 3 aromatic carbocycles. The van der Waals surface area contributed by atoms with E-state index in [2.05, 4.69) is 22.9 Å². The Morgan fingerprint density at radius 2 is 1.89 bits per heavy atom. The molecule has 0 atom stereocenters. The number of carbonyl (C=O) groups excluding carboxylic acids is 1. The van der Waals surface area contributed by atoms with Crippen LogP contribution in [0.25, 0.3) is 22.0 Å². The highest BCUT2D eigenvalue weighted by Crippen LogP contribution is 2.33. The first-order valence-corrected chi connectivity index (χ1v) is 9.04. The minimum atomic E-state index is -0.258. The van der Waals surface area contributed by atoms with E-state index in [9.17, 15) is 4.79 Å². The third-order valence-corrected chi connectivity index (χ3v) is 4.51. The zero-order chi connectivity index (χ0) is 19.3. The van der Waals surface area contributed by atoms with Gasteiger partial charge in [-0.05, 0) is 47.0 Å². The molecule has 0 fully saturated rings. The molecule has 4 heteroatoms. The van der Waals surface area contributed by atoms with Crippen molar-refractivity contribution in [3.63, 3.8) is 0 Å². The molecule has 0 bridgehead atoms. The van der Waals surface area contributed by atoms with Crippen LogP contribution in [0, 0.1) is 0 Å². The SMILES string of the molecule is C=CC(=O)Nc1cc(OCc2ccccc2)cc(-c2cccc3[nH]ccc23)c1. The second-order valence-corrected chi connectivity index (χ2v) is 6.46. The van der Waals surface area contributed by atoms with Gasteiger partial charge in [-0.1, -0.05) is 49.0 Å². The van der Waals surface area contributed by atoms with Gasteiger partial charge in [0.05, 0.1) is 0 Å². The Labute approximate surface area is 163 Å². The summed E-state index contributed by atoms with van der Waals surface area (Å²) in [7, 11) is 0. The second-order valence-electron chi connectivity index (χ2n) is 6.46. The van der Waals surface area contributed by atoms with Gasteiger partial charge in [-0.2, -0.15) is 0 Å². The minimum Gasteiger partial charge on any atom is -0.489 e. The second kappa shape index (κ2) is 7.84. The Kier molecular flexibility index (Phi) is 4.93. The number of amides is 1. The summed E-state index contributed by atoms with van der Waals surface area (Å²) in [6.45, 7) is 3.97. The number of benzene rings is 3. The lowest BCUT2D eigenvalue weighted by molar-refractivity contribution is -0.111. The summed E-state index contributed by atoms with van der Waals surface area (Å²) in [5, 5.41) is 3.95. The summed E-state index contributed by atoms with van der Waals surface area (Å²) in [5.74, 6) is 0.430. The van der Waals surface area contributed by atoms with Gasteiger partial charge >= 0.3 is 0 Å². The first-order chi connectivity index (χ1) is 13.7. The van der Waals surface area contributed by atoms with Crippen molar-refractivity contribution in [1.29, 1.82) is 0 Å². The van der Waals surface area contributed by atoms with E-state index in [1.54, 1.807) is 0 Å². The normalized spacial score (nSPS) is 10.6. The number of rotatable bonds is 6. The third-order valence-electron chi connectivity index (χ3n) is 4.51. The summed E-state index contributed by atoms with van der Waals surface area (Å²) >= 11 is 0. The molecule has 28 heavy (non-hydrogen) atoms. The molecule has 4 nitrogen and oxygen atoms in total. The van der Waals surface area contributed by atoms with Crippen molar-refractivity contribution in [2.45, 2.75) is 6.61 Å². The van der Waals surface area contributed by atoms with Gasteiger partial charge in [-0.25, -0.2) is 0 Å². The Hall–Kier alpha value is -3.79. The lowest BCUT2D eigenvalue weighted by Gasteiger charge is -2.13. The summed E-state index contributed by atoms with van der Waals surface area (Å²) in [5.41, 5.74) is 4.84. The predicted octanol–water partition coefficient (Wildman–Crippen LogP) is 5.54. The first-order valence-electron chi connectivity index (χ1n) is 9.04. The molecule has 0 aliphatic carbocycles. The van der Waals surface area contributed by atoms with Gasteiger partial charge in [0.1, 0.15) is 12.4 Å². The standard InChI is InChI=1S/C24H20N2O2/c1-2-24(27)26-19-13-18(21-9-6-10-23-22(21)11-12-25-23)14-20(15-19)28-16-17-7-4-3-5-8-17/h2-15,25H,1,16H2,(H,26,27). The number of hydrogen-bond donors (Lipinski definition) is 2. The maximum atomic E-state index is 11.8. The molecule has 0 saturated heterocycles. The Morgan fingerprint density at radius 3 is 2.71 bits per heavy atom. The van der Waals surface area contributed by atoms with Crippen LogP contribution >= 0.6 is 0 Å². The summed E-state index contributed by atoms with van der Waals surface area (Å²) in [6, 6.07) is 23.9. The van der Waals surface area contributed by atoms with E-state index in [1.807, 2.05) is 72.9 Å². The Bertz CT molecular complexity index is 1130. The number of ether oxygens (including phenoxy) is 1. The van der Waals surface area contributed by atoms with Gasteiger partial charge in [0.25, 0.3) is 0 Å². The van der Waals surface area contributed by atoms with Gasteiger partial charge in [0.15, 0.2) is 0 Å². The van der Waals surface area contributed by atoms with E-state index in [0.29, 0.717) is 18.0 Å². The minimum absolute atomic E-state index is 0.258. The average molecular weight is 368 g/mol. The molecule has 2 N–H and O–H groups in total. The molecule has 0 aliphatic heterocycles. The number of H-pyrrole nitrogens is 1. The zero-order valence-corrected chi connectivity index (χ0v) is 15.3. The third kappa shape index (κ3) is 3.81. The summed E-state index contributed by atoms with van der Waals surface area (Å²) in [6.07, 6.45) is 3.17. The van der Waals surface area contributed by atoms with Gasteiger partial charge < -0.3 is 15.0 Å². The fourth-order valence-electron chi connectivity index (χ4n) is 3.18. The van der Waals surface area contributed by atoms with E-state index in [-0.39, 0.29) is 5.91 Å². The van der Waals surface area contributed by atoms with E-state index in [4.69, 9.17) is 4.74 Å². The van der Waals surface area contributed by atoms with Crippen LogP contribution in [0.1, 0.15) is 5.56 Å². The van der Waals surface area contributed by atoms with Crippen molar-refractivity contribution < 1.29 is 9.53 Å². The number of hydrogen-bond acceptors (Lipinski definition) is 2. The van der Waals surface area contributed by atoms with Gasteiger partial charge in [-0.15, -0.1) is 0 Å². The van der Waals surface area contributed by atoms with Crippen LogP contribution in [0.5, 0.6) is 5.75 Å². The van der Waals surface area contributed by atoms with Crippen LogP contribution in [0.3, 0.4) is 0 Å². The molecule has 0 saturated carbocycles. The fourth-order valence-corrected chi connectivity index (χ4v) is 3.18. The van der Waals surface area contributed by atoms with Crippen LogP contribution in [0.2, 0.25) is 0 Å². The molecule has 1 aromatic heterocycles. The van der Waals surface area contributed by atoms with E-state index in [1.165, 1.54) is 6.08 Å². The van der Waals surface area contributed by atoms with E-state index in [0.717, 1.165) is 27.6 Å². The molecule has 1 heterocycles. The van der Waals surface area contributed by atoms with Crippen LogP contribution in [-0.2, 0) is 11.4 Å². The summed E-state index contributed by atoms with van der Waals surface area (Å²) in [4.78, 5) is 15.0. The Balaban J connectivity index is 1.72. The highest BCUT2D eigenvalue weighted by atomic mass is 16.5. The summed E-state index contributed by atoms with van der Waals surface area (Å²) < 4.78 is 6.02. The molecule has 1 amide bonds. The topological polar surface area (TPSA) is 54.1 Å². The van der Waals surface area contributed by atoms with Crippen LogP contribution in [0.4, 0.5) is 5.69 Å². The van der Waals surface area contributed by atoms with Crippen molar-refractivity contribution in [2.24, 2.45) is 0 Å². The van der Waals surface area contributed by atoms with Gasteiger partial charge in [0.2, 0.25) is 5.91 Å².